The molecule has 134 valence electrons. The minimum atomic E-state index is -1.31. The van der Waals surface area contributed by atoms with Crippen molar-refractivity contribution in [1.82, 2.24) is 0 Å². The summed E-state index contributed by atoms with van der Waals surface area (Å²) < 4.78 is 10.6. The van der Waals surface area contributed by atoms with E-state index < -0.39 is 23.8 Å². The molecule has 1 unspecified atom stereocenters. The van der Waals surface area contributed by atoms with E-state index in [4.69, 9.17) is 14.6 Å². The van der Waals surface area contributed by atoms with E-state index in [9.17, 15) is 14.7 Å². The summed E-state index contributed by atoms with van der Waals surface area (Å²) >= 11 is 0. The largest absolute Gasteiger partial charge is 0.497 e. The van der Waals surface area contributed by atoms with Crippen LogP contribution in [0.5, 0.6) is 11.5 Å². The van der Waals surface area contributed by atoms with Crippen molar-refractivity contribution in [2.24, 2.45) is 5.41 Å². The Hall–Kier alpha value is -2.76. The van der Waals surface area contributed by atoms with Crippen molar-refractivity contribution in [1.29, 1.82) is 0 Å². The van der Waals surface area contributed by atoms with E-state index in [1.807, 2.05) is 30.3 Å². The summed E-state index contributed by atoms with van der Waals surface area (Å²) in [5.74, 6) is -0.822. The predicted molar refractivity (Wildman–Crippen MR) is 93.4 cm³/mol. The number of hydrogen-bond acceptors (Lipinski definition) is 4. The molecule has 0 radical (unpaired) electrons. The molecule has 0 amide bonds. The SMILES string of the molecule is COc1ccc2c(CCC(C)(CC(=O)O)C(=O)O)ccc(OC)c2c1. The Morgan fingerprint density at radius 2 is 1.76 bits per heavy atom. The summed E-state index contributed by atoms with van der Waals surface area (Å²) in [6, 6.07) is 9.31. The highest BCUT2D eigenvalue weighted by Crippen LogP contribution is 2.34. The number of rotatable bonds is 8. The third-order valence-electron chi connectivity index (χ3n) is 4.50. The van der Waals surface area contributed by atoms with Crippen molar-refractivity contribution < 1.29 is 29.3 Å². The molecule has 0 aliphatic heterocycles. The first kappa shape index (κ1) is 18.6. The molecule has 0 aliphatic carbocycles. The van der Waals surface area contributed by atoms with E-state index >= 15 is 0 Å². The number of methoxy groups -OCH3 is 2. The normalized spacial score (nSPS) is 13.2. The molecule has 2 N–H and O–H groups in total. The summed E-state index contributed by atoms with van der Waals surface area (Å²) in [5, 5.41) is 20.2. The van der Waals surface area contributed by atoms with Gasteiger partial charge in [-0.05, 0) is 48.9 Å². The highest BCUT2D eigenvalue weighted by molar-refractivity contribution is 5.92. The Morgan fingerprint density at radius 1 is 1.04 bits per heavy atom. The third kappa shape index (κ3) is 4.02. The van der Waals surface area contributed by atoms with Crippen LogP contribution in [-0.4, -0.2) is 36.4 Å². The van der Waals surface area contributed by atoms with Crippen LogP contribution in [0.15, 0.2) is 30.3 Å². The van der Waals surface area contributed by atoms with Crippen molar-refractivity contribution in [3.8, 4) is 11.5 Å². The molecule has 0 heterocycles. The summed E-state index contributed by atoms with van der Waals surface area (Å²) in [5.41, 5.74) is -0.374. The first-order valence-corrected chi connectivity index (χ1v) is 7.89. The maximum absolute atomic E-state index is 11.5. The fraction of sp³-hybridized carbons (Fsp3) is 0.368. The first-order chi connectivity index (χ1) is 11.8. The van der Waals surface area contributed by atoms with Gasteiger partial charge in [0.2, 0.25) is 0 Å². The zero-order chi connectivity index (χ0) is 18.6. The van der Waals surface area contributed by atoms with E-state index in [1.54, 1.807) is 14.2 Å². The van der Waals surface area contributed by atoms with Gasteiger partial charge in [-0.3, -0.25) is 9.59 Å². The number of hydrogen-bond donors (Lipinski definition) is 2. The molecule has 2 rings (SSSR count). The molecule has 0 saturated carbocycles. The molecular weight excluding hydrogens is 324 g/mol. The number of aliphatic carboxylic acids is 2. The molecular formula is C19H22O6. The first-order valence-electron chi connectivity index (χ1n) is 7.89. The highest BCUT2D eigenvalue weighted by Gasteiger charge is 2.35. The van der Waals surface area contributed by atoms with E-state index in [0.29, 0.717) is 17.9 Å². The summed E-state index contributed by atoms with van der Waals surface area (Å²) in [6.07, 6.45) is 0.259. The van der Waals surface area contributed by atoms with E-state index in [0.717, 1.165) is 16.3 Å². The van der Waals surface area contributed by atoms with Gasteiger partial charge in [0, 0.05) is 5.39 Å². The lowest BCUT2D eigenvalue weighted by Crippen LogP contribution is -2.31. The van der Waals surface area contributed by atoms with E-state index in [2.05, 4.69) is 0 Å². The second-order valence-corrected chi connectivity index (χ2v) is 6.27. The quantitative estimate of drug-likeness (QED) is 0.761. The van der Waals surface area contributed by atoms with E-state index in [-0.39, 0.29) is 6.42 Å². The molecule has 0 fully saturated rings. The van der Waals surface area contributed by atoms with Crippen molar-refractivity contribution in [2.75, 3.05) is 14.2 Å². The van der Waals surface area contributed by atoms with Crippen LogP contribution in [0.25, 0.3) is 10.8 Å². The van der Waals surface area contributed by atoms with Crippen molar-refractivity contribution in [3.05, 3.63) is 35.9 Å². The van der Waals surface area contributed by atoms with Crippen molar-refractivity contribution in [2.45, 2.75) is 26.2 Å². The summed E-state index contributed by atoms with van der Waals surface area (Å²) in [7, 11) is 3.17. The van der Waals surface area contributed by atoms with Gasteiger partial charge in [-0.1, -0.05) is 12.1 Å². The van der Waals surface area contributed by atoms with Crippen LogP contribution in [0.1, 0.15) is 25.3 Å². The van der Waals surface area contributed by atoms with Crippen LogP contribution in [0.2, 0.25) is 0 Å². The highest BCUT2D eigenvalue weighted by atomic mass is 16.5. The molecule has 0 saturated heterocycles. The maximum atomic E-state index is 11.5. The lowest BCUT2D eigenvalue weighted by atomic mass is 9.80. The zero-order valence-electron chi connectivity index (χ0n) is 14.5. The van der Waals surface area contributed by atoms with Crippen LogP contribution < -0.4 is 9.47 Å². The van der Waals surface area contributed by atoms with Crippen molar-refractivity contribution in [3.63, 3.8) is 0 Å². The Kier molecular flexibility index (Phi) is 5.51. The molecule has 6 heteroatoms. The average molecular weight is 346 g/mol. The minimum absolute atomic E-state index is 0.224. The van der Waals surface area contributed by atoms with Gasteiger partial charge in [-0.25, -0.2) is 0 Å². The maximum Gasteiger partial charge on any atom is 0.309 e. The van der Waals surface area contributed by atoms with Gasteiger partial charge in [-0.15, -0.1) is 0 Å². The van der Waals surface area contributed by atoms with Gasteiger partial charge in [-0.2, -0.15) is 0 Å². The second-order valence-electron chi connectivity index (χ2n) is 6.27. The number of carboxylic acids is 2. The molecule has 2 aromatic rings. The third-order valence-corrected chi connectivity index (χ3v) is 4.50. The lowest BCUT2D eigenvalue weighted by Gasteiger charge is -2.23. The van der Waals surface area contributed by atoms with Gasteiger partial charge in [0.05, 0.1) is 26.1 Å². The monoisotopic (exact) mass is 346 g/mol. The number of fused-ring (bicyclic) bond motifs is 1. The number of benzene rings is 2. The summed E-state index contributed by atoms with van der Waals surface area (Å²) in [6.45, 7) is 1.47. The van der Waals surface area contributed by atoms with Gasteiger partial charge in [0.15, 0.2) is 0 Å². The Morgan fingerprint density at radius 3 is 2.32 bits per heavy atom. The number of carbonyl (C=O) groups is 2. The minimum Gasteiger partial charge on any atom is -0.497 e. The molecule has 0 aliphatic rings. The molecule has 1 atom stereocenters. The Labute approximate surface area is 146 Å². The molecule has 0 aromatic heterocycles. The summed E-state index contributed by atoms with van der Waals surface area (Å²) in [4.78, 5) is 22.5. The van der Waals surface area contributed by atoms with Gasteiger partial charge < -0.3 is 19.7 Å². The predicted octanol–water partition coefficient (Wildman–Crippen LogP) is 3.36. The lowest BCUT2D eigenvalue weighted by molar-refractivity contribution is -0.155. The van der Waals surface area contributed by atoms with Gasteiger partial charge in [0.1, 0.15) is 11.5 Å². The van der Waals surface area contributed by atoms with E-state index in [1.165, 1.54) is 6.92 Å². The number of carboxylic acid groups (broad SMARTS) is 2. The fourth-order valence-electron chi connectivity index (χ4n) is 2.90. The molecule has 2 aromatic carbocycles. The van der Waals surface area contributed by atoms with Crippen LogP contribution in [-0.2, 0) is 16.0 Å². The van der Waals surface area contributed by atoms with Crippen LogP contribution >= 0.6 is 0 Å². The molecule has 0 spiro atoms. The smallest absolute Gasteiger partial charge is 0.309 e. The van der Waals surface area contributed by atoms with Crippen LogP contribution in [0.3, 0.4) is 0 Å². The Balaban J connectivity index is 2.38. The number of aryl methyl sites for hydroxylation is 1. The molecule has 6 nitrogen and oxygen atoms in total. The van der Waals surface area contributed by atoms with Crippen LogP contribution in [0, 0.1) is 5.41 Å². The Bertz CT molecular complexity index is 798. The average Bonchev–Trinajstić information content (AvgIpc) is 2.58. The van der Waals surface area contributed by atoms with Gasteiger partial charge in [0.25, 0.3) is 0 Å². The molecule has 25 heavy (non-hydrogen) atoms. The zero-order valence-corrected chi connectivity index (χ0v) is 14.5. The van der Waals surface area contributed by atoms with Gasteiger partial charge >= 0.3 is 11.9 Å². The van der Waals surface area contributed by atoms with Crippen LogP contribution in [0.4, 0.5) is 0 Å². The van der Waals surface area contributed by atoms with Crippen molar-refractivity contribution >= 4 is 22.7 Å². The number of ether oxygens (including phenoxy) is 2. The topological polar surface area (TPSA) is 93.1 Å². The standard InChI is InChI=1S/C19H22O6/c1-19(18(22)23,11-17(20)21)9-8-12-4-7-16(25-3)15-10-13(24-2)5-6-14(12)15/h4-7,10H,8-9,11H2,1-3H3,(H,20,21)(H,22,23). The fourth-order valence-corrected chi connectivity index (χ4v) is 2.90. The molecule has 0 bridgehead atoms. The second kappa shape index (κ2) is 7.42.